The van der Waals surface area contributed by atoms with Crippen molar-refractivity contribution in [1.82, 2.24) is 0 Å². The molecule has 7 heteroatoms. The van der Waals surface area contributed by atoms with E-state index >= 15 is 0 Å². The fourth-order valence-corrected chi connectivity index (χ4v) is 2.88. The van der Waals surface area contributed by atoms with E-state index in [4.69, 9.17) is 0 Å². The average Bonchev–Trinajstić information content (AvgIpc) is 2.20. The van der Waals surface area contributed by atoms with Crippen molar-refractivity contribution in [2.45, 2.75) is 30.9 Å². The first-order valence-electron chi connectivity index (χ1n) is 4.81. The minimum absolute atomic E-state index is 0.156. The van der Waals surface area contributed by atoms with E-state index in [1.807, 2.05) is 0 Å². The number of hydrogen-bond acceptors (Lipinski definition) is 3. The van der Waals surface area contributed by atoms with Gasteiger partial charge in [0.2, 0.25) is 0 Å². The number of thioether (sulfide) groups is 2. The Morgan fingerprint density at radius 3 is 2.44 bits per heavy atom. The minimum atomic E-state index is -2.84. The zero-order valence-corrected chi connectivity index (χ0v) is 11.5. The highest BCUT2D eigenvalue weighted by Crippen LogP contribution is 2.25. The highest BCUT2D eigenvalue weighted by molar-refractivity contribution is 8.00. The van der Waals surface area contributed by atoms with Crippen LogP contribution in [0.2, 0.25) is 0 Å². The van der Waals surface area contributed by atoms with Gasteiger partial charge in [0.05, 0.1) is 5.75 Å². The summed E-state index contributed by atoms with van der Waals surface area (Å²) in [5.74, 6) is -2.47. The lowest BCUT2D eigenvalue weighted by Crippen LogP contribution is -2.15. The van der Waals surface area contributed by atoms with E-state index in [1.165, 1.54) is 11.8 Å². The van der Waals surface area contributed by atoms with Crippen LogP contribution < -0.4 is 0 Å². The Bertz CT molecular complexity index is 175. The van der Waals surface area contributed by atoms with Crippen LogP contribution in [-0.2, 0) is 0 Å². The van der Waals surface area contributed by atoms with Gasteiger partial charge in [-0.25, -0.2) is 17.6 Å². The second-order valence-corrected chi connectivity index (χ2v) is 6.08. The van der Waals surface area contributed by atoms with Crippen molar-refractivity contribution in [2.75, 3.05) is 23.0 Å². The van der Waals surface area contributed by atoms with E-state index in [0.717, 1.165) is 6.92 Å². The van der Waals surface area contributed by atoms with Crippen LogP contribution in [0, 0.1) is 0 Å². The van der Waals surface area contributed by atoms with Crippen molar-refractivity contribution in [1.29, 1.82) is 0 Å². The first-order chi connectivity index (χ1) is 7.35. The van der Waals surface area contributed by atoms with Crippen LogP contribution in [-0.4, -0.2) is 40.6 Å². The lowest BCUT2D eigenvalue weighted by Gasteiger charge is -2.12. The molecule has 0 saturated heterocycles. The predicted molar refractivity (Wildman–Crippen MR) is 68.7 cm³/mol. The van der Waals surface area contributed by atoms with Crippen molar-refractivity contribution in [3.05, 3.63) is 0 Å². The van der Waals surface area contributed by atoms with Gasteiger partial charge in [0.25, 0.3) is 5.92 Å². The van der Waals surface area contributed by atoms with E-state index in [1.54, 1.807) is 0 Å². The first-order valence-corrected chi connectivity index (χ1v) is 7.65. The third-order valence-corrected chi connectivity index (χ3v) is 4.29. The van der Waals surface area contributed by atoms with E-state index in [2.05, 4.69) is 12.6 Å². The SMILES string of the molecule is CC(F)(F)CSC(F)CCSCC(F)CS. The Labute approximate surface area is 108 Å². The number of hydrogen-bond donors (Lipinski definition) is 1. The van der Waals surface area contributed by atoms with Gasteiger partial charge in [0.1, 0.15) is 11.7 Å². The summed E-state index contributed by atoms with van der Waals surface area (Å²) in [7, 11) is 0. The molecule has 2 atom stereocenters. The lowest BCUT2D eigenvalue weighted by atomic mass is 10.5. The van der Waals surface area contributed by atoms with E-state index in [0.29, 0.717) is 17.5 Å². The maximum absolute atomic E-state index is 13.0. The van der Waals surface area contributed by atoms with Crippen molar-refractivity contribution in [3.8, 4) is 0 Å². The highest BCUT2D eigenvalue weighted by atomic mass is 32.2. The van der Waals surface area contributed by atoms with Gasteiger partial charge in [0, 0.05) is 18.4 Å². The molecule has 0 heterocycles. The van der Waals surface area contributed by atoms with Crippen LogP contribution in [0.5, 0.6) is 0 Å². The first kappa shape index (κ1) is 16.8. The summed E-state index contributed by atoms with van der Waals surface area (Å²) in [6.45, 7) is 0.766. The molecule has 98 valence electrons. The summed E-state index contributed by atoms with van der Waals surface area (Å²) in [4.78, 5) is 0. The van der Waals surface area contributed by atoms with Crippen molar-refractivity contribution < 1.29 is 17.6 Å². The predicted octanol–water partition coefficient (Wildman–Crippen LogP) is 4.06. The molecule has 0 aliphatic rings. The molecule has 0 aliphatic heterocycles. The van der Waals surface area contributed by atoms with Crippen LogP contribution >= 0.6 is 36.2 Å². The van der Waals surface area contributed by atoms with Crippen LogP contribution in [0.1, 0.15) is 13.3 Å². The molecule has 0 aromatic heterocycles. The average molecular weight is 296 g/mol. The molecule has 16 heavy (non-hydrogen) atoms. The molecule has 0 aromatic rings. The quantitative estimate of drug-likeness (QED) is 0.387. The Hall–Kier alpha value is 0.770. The molecule has 0 aromatic carbocycles. The molecule has 2 unspecified atom stereocenters. The minimum Gasteiger partial charge on any atom is -0.246 e. The molecule has 0 bridgehead atoms. The zero-order valence-electron chi connectivity index (χ0n) is 8.97. The zero-order chi connectivity index (χ0) is 12.6. The Kier molecular flexibility index (Phi) is 9.23. The van der Waals surface area contributed by atoms with Gasteiger partial charge in [-0.1, -0.05) is 0 Å². The van der Waals surface area contributed by atoms with Gasteiger partial charge < -0.3 is 0 Å². The maximum atomic E-state index is 13.0. The molecule has 0 aliphatic carbocycles. The van der Waals surface area contributed by atoms with Crippen molar-refractivity contribution in [3.63, 3.8) is 0 Å². The van der Waals surface area contributed by atoms with Crippen LogP contribution in [0.3, 0.4) is 0 Å². The van der Waals surface area contributed by atoms with E-state index in [9.17, 15) is 17.6 Å². The Balaban J connectivity index is 3.40. The van der Waals surface area contributed by atoms with Crippen molar-refractivity contribution in [2.24, 2.45) is 0 Å². The molecule has 0 amide bonds. The Morgan fingerprint density at radius 1 is 1.31 bits per heavy atom. The van der Waals surface area contributed by atoms with Gasteiger partial charge in [-0.2, -0.15) is 24.4 Å². The third kappa shape index (κ3) is 11.3. The van der Waals surface area contributed by atoms with Gasteiger partial charge >= 0.3 is 0 Å². The molecule has 0 fully saturated rings. The standard InChI is InChI=1S/C9H16F4S3/c1-9(12,13)6-16-8(11)2-3-15-5-7(10)4-14/h7-8,14H,2-6H2,1H3. The summed E-state index contributed by atoms with van der Waals surface area (Å²) < 4.78 is 50.5. The molecule has 0 saturated carbocycles. The van der Waals surface area contributed by atoms with Crippen LogP contribution in [0.25, 0.3) is 0 Å². The molecule has 0 nitrogen and oxygen atoms in total. The Morgan fingerprint density at radius 2 is 1.94 bits per heavy atom. The topological polar surface area (TPSA) is 0 Å². The normalized spacial score (nSPS) is 16.1. The molecule has 0 rings (SSSR count). The monoisotopic (exact) mass is 296 g/mol. The second kappa shape index (κ2) is 8.80. The van der Waals surface area contributed by atoms with Gasteiger partial charge in [-0.3, -0.25) is 0 Å². The number of halogens is 4. The maximum Gasteiger partial charge on any atom is 0.254 e. The smallest absolute Gasteiger partial charge is 0.246 e. The summed E-state index contributed by atoms with van der Waals surface area (Å²) in [6, 6.07) is 0. The lowest BCUT2D eigenvalue weighted by molar-refractivity contribution is 0.0489. The largest absolute Gasteiger partial charge is 0.254 e. The summed E-state index contributed by atoms with van der Waals surface area (Å²) >= 11 is 5.67. The molecule has 0 spiro atoms. The fraction of sp³-hybridized carbons (Fsp3) is 1.00. The number of rotatable bonds is 9. The molecule has 0 N–H and O–H groups in total. The number of alkyl halides is 4. The van der Waals surface area contributed by atoms with E-state index < -0.39 is 23.4 Å². The molecular weight excluding hydrogens is 280 g/mol. The van der Waals surface area contributed by atoms with Crippen molar-refractivity contribution >= 4 is 36.2 Å². The summed E-state index contributed by atoms with van der Waals surface area (Å²) in [5.41, 5.74) is -1.30. The molecular formula is C9H16F4S3. The van der Waals surface area contributed by atoms with Gasteiger partial charge in [-0.15, -0.1) is 11.8 Å². The van der Waals surface area contributed by atoms with Crippen LogP contribution in [0.4, 0.5) is 17.6 Å². The summed E-state index contributed by atoms with van der Waals surface area (Å²) in [5, 5.41) is 0. The molecule has 0 radical (unpaired) electrons. The fourth-order valence-electron chi connectivity index (χ4n) is 0.760. The second-order valence-electron chi connectivity index (χ2n) is 3.43. The summed E-state index contributed by atoms with van der Waals surface area (Å²) in [6.07, 6.45) is -0.816. The number of thiol groups is 1. The van der Waals surface area contributed by atoms with Gasteiger partial charge in [-0.05, 0) is 12.2 Å². The van der Waals surface area contributed by atoms with Crippen LogP contribution in [0.15, 0.2) is 0 Å². The van der Waals surface area contributed by atoms with E-state index in [-0.39, 0.29) is 17.9 Å². The van der Waals surface area contributed by atoms with Gasteiger partial charge in [0.15, 0.2) is 0 Å². The highest BCUT2D eigenvalue weighted by Gasteiger charge is 2.23. The third-order valence-electron chi connectivity index (χ3n) is 1.50.